The number of amides is 1. The van der Waals surface area contributed by atoms with Crippen molar-refractivity contribution < 1.29 is 32.7 Å². The smallest absolute Gasteiger partial charge is 0.475 e. The summed E-state index contributed by atoms with van der Waals surface area (Å²) in [6, 6.07) is 1.96. The molecule has 184 valence electrons. The fraction of sp³-hybridized carbons (Fsp3) is 0.500. The van der Waals surface area contributed by atoms with Crippen LogP contribution in [0.25, 0.3) is 0 Å². The van der Waals surface area contributed by atoms with Gasteiger partial charge in [-0.15, -0.1) is 11.3 Å². The number of carboxylic acids is 1. The fourth-order valence-corrected chi connectivity index (χ4v) is 4.14. The largest absolute Gasteiger partial charge is 0.490 e. The van der Waals surface area contributed by atoms with Crippen molar-refractivity contribution in [2.24, 2.45) is 5.16 Å². The van der Waals surface area contributed by atoms with Crippen molar-refractivity contribution in [3.8, 4) is 0 Å². The van der Waals surface area contributed by atoms with Gasteiger partial charge in [0.15, 0.2) is 5.60 Å². The summed E-state index contributed by atoms with van der Waals surface area (Å²) in [6.45, 7) is 5.84. The molecule has 0 aliphatic carbocycles. The van der Waals surface area contributed by atoms with Crippen LogP contribution in [0.15, 0.2) is 22.1 Å². The average Bonchev–Trinajstić information content (AvgIpc) is 3.42. The number of thiazole rings is 1. The predicted octanol–water partition coefficient (Wildman–Crippen LogP) is 2.61. The van der Waals surface area contributed by atoms with Crippen molar-refractivity contribution in [2.45, 2.75) is 51.4 Å². The molecule has 1 saturated heterocycles. The van der Waals surface area contributed by atoms with Crippen molar-refractivity contribution in [2.75, 3.05) is 18.0 Å². The van der Waals surface area contributed by atoms with Gasteiger partial charge in [0.25, 0.3) is 5.91 Å². The Morgan fingerprint density at radius 3 is 2.56 bits per heavy atom. The van der Waals surface area contributed by atoms with E-state index in [0.717, 1.165) is 42.4 Å². The first-order valence-electron chi connectivity index (χ1n) is 10.3. The van der Waals surface area contributed by atoms with Gasteiger partial charge in [-0.1, -0.05) is 5.16 Å². The van der Waals surface area contributed by atoms with Crippen LogP contribution in [0, 0.1) is 13.8 Å². The number of anilines is 1. The fourth-order valence-electron chi connectivity index (χ4n) is 3.58. The van der Waals surface area contributed by atoms with Gasteiger partial charge in [0.1, 0.15) is 5.71 Å². The van der Waals surface area contributed by atoms with E-state index in [9.17, 15) is 18.0 Å². The number of oxime groups is 1. The number of alkyl halides is 3. The molecule has 34 heavy (non-hydrogen) atoms. The number of nitrogens with one attached hydrogen (secondary N) is 1. The molecule has 1 spiro atoms. The molecule has 1 fully saturated rings. The summed E-state index contributed by atoms with van der Waals surface area (Å²) < 4.78 is 31.7. The lowest BCUT2D eigenvalue weighted by Crippen LogP contribution is -2.49. The maximum absolute atomic E-state index is 12.4. The second-order valence-electron chi connectivity index (χ2n) is 7.93. The number of nitrogens with zero attached hydrogens (tertiary/aromatic N) is 5. The third kappa shape index (κ3) is 6.62. The molecule has 2 aliphatic heterocycles. The van der Waals surface area contributed by atoms with E-state index >= 15 is 0 Å². The number of aromatic nitrogens is 3. The zero-order valence-electron chi connectivity index (χ0n) is 18.4. The lowest BCUT2D eigenvalue weighted by Gasteiger charge is -2.38. The molecule has 2 aliphatic rings. The maximum atomic E-state index is 12.4. The van der Waals surface area contributed by atoms with Gasteiger partial charge in [0.2, 0.25) is 5.95 Å². The van der Waals surface area contributed by atoms with Crippen LogP contribution in [0.3, 0.4) is 0 Å². The van der Waals surface area contributed by atoms with Gasteiger partial charge in [-0.05, 0) is 32.8 Å². The van der Waals surface area contributed by atoms with E-state index in [4.69, 9.17) is 14.7 Å². The Bertz CT molecular complexity index is 1040. The molecule has 0 saturated carbocycles. The average molecular weight is 501 g/mol. The highest BCUT2D eigenvalue weighted by Crippen LogP contribution is 2.34. The summed E-state index contributed by atoms with van der Waals surface area (Å²) in [4.78, 5) is 42.5. The number of hydrogen-bond acceptors (Lipinski definition) is 9. The SMILES string of the molecule is Cc1cc(C)nc(N2CCCC3(CC(C(=O)NCc4cscn4)=NO3)C2)n1.O=C(O)C(F)(F)F. The predicted molar refractivity (Wildman–Crippen MR) is 116 cm³/mol. The zero-order valence-corrected chi connectivity index (χ0v) is 19.2. The highest BCUT2D eigenvalue weighted by Gasteiger charge is 2.45. The van der Waals surface area contributed by atoms with E-state index in [1.54, 1.807) is 5.51 Å². The molecule has 2 aromatic heterocycles. The van der Waals surface area contributed by atoms with E-state index in [-0.39, 0.29) is 5.91 Å². The number of piperidine rings is 1. The topological polar surface area (TPSA) is 130 Å². The van der Waals surface area contributed by atoms with E-state index in [1.807, 2.05) is 25.3 Å². The zero-order chi connectivity index (χ0) is 24.9. The minimum atomic E-state index is -5.08. The summed E-state index contributed by atoms with van der Waals surface area (Å²) in [5.41, 5.74) is 4.45. The summed E-state index contributed by atoms with van der Waals surface area (Å²) in [5, 5.41) is 16.0. The van der Waals surface area contributed by atoms with Crippen molar-refractivity contribution in [1.82, 2.24) is 20.3 Å². The van der Waals surface area contributed by atoms with E-state index < -0.39 is 17.7 Å². The summed E-state index contributed by atoms with van der Waals surface area (Å²) in [5.74, 6) is -2.23. The molecular formula is C20H23F3N6O4S. The van der Waals surface area contributed by atoms with Gasteiger partial charge >= 0.3 is 12.1 Å². The molecule has 0 radical (unpaired) electrons. The Morgan fingerprint density at radius 1 is 1.29 bits per heavy atom. The van der Waals surface area contributed by atoms with Gasteiger partial charge in [-0.3, -0.25) is 4.79 Å². The Balaban J connectivity index is 0.000000406. The van der Waals surface area contributed by atoms with Crippen LogP contribution in [0.2, 0.25) is 0 Å². The number of carbonyl (C=O) groups is 2. The highest BCUT2D eigenvalue weighted by atomic mass is 32.1. The molecule has 2 N–H and O–H groups in total. The first kappa shape index (κ1) is 25.3. The molecule has 4 heterocycles. The Kier molecular flexibility index (Phi) is 7.69. The normalized spacial score (nSPS) is 19.7. The van der Waals surface area contributed by atoms with Crippen LogP contribution < -0.4 is 10.2 Å². The van der Waals surface area contributed by atoms with E-state index in [1.165, 1.54) is 11.3 Å². The summed E-state index contributed by atoms with van der Waals surface area (Å²) in [7, 11) is 0. The quantitative estimate of drug-likeness (QED) is 0.655. The molecule has 1 unspecified atom stereocenters. The highest BCUT2D eigenvalue weighted by molar-refractivity contribution is 7.07. The number of halogens is 3. The van der Waals surface area contributed by atoms with Crippen molar-refractivity contribution in [1.29, 1.82) is 0 Å². The van der Waals surface area contributed by atoms with Gasteiger partial charge < -0.3 is 20.2 Å². The third-order valence-corrected chi connectivity index (χ3v) is 5.69. The summed E-state index contributed by atoms with van der Waals surface area (Å²) >= 11 is 1.51. The van der Waals surface area contributed by atoms with Gasteiger partial charge in [0, 0.05) is 29.7 Å². The number of aryl methyl sites for hydroxylation is 2. The molecular weight excluding hydrogens is 477 g/mol. The van der Waals surface area contributed by atoms with Crippen LogP contribution in [0.1, 0.15) is 36.3 Å². The first-order valence-corrected chi connectivity index (χ1v) is 11.2. The Hall–Kier alpha value is -3.29. The molecule has 14 heteroatoms. The lowest BCUT2D eigenvalue weighted by molar-refractivity contribution is -0.192. The van der Waals surface area contributed by atoms with Crippen molar-refractivity contribution in [3.05, 3.63) is 34.0 Å². The van der Waals surface area contributed by atoms with E-state index in [2.05, 4.69) is 30.3 Å². The standard InChI is InChI=1S/C18H22N6O2S.C2HF3O2/c1-12-6-13(2)22-17(21-12)24-5-3-4-18(10-24)7-15(23-26-18)16(25)19-8-14-9-27-11-20-14;3-2(4,5)1(6)7/h6,9,11H,3-5,7-8,10H2,1-2H3,(H,19,25);(H,6,7). The summed E-state index contributed by atoms with van der Waals surface area (Å²) in [6.07, 6.45) is -2.78. The second kappa shape index (κ2) is 10.3. The van der Waals surface area contributed by atoms with Crippen LogP contribution in [0.4, 0.5) is 19.1 Å². The number of rotatable bonds is 4. The maximum Gasteiger partial charge on any atom is 0.490 e. The number of hydrogen-bond donors (Lipinski definition) is 2. The van der Waals surface area contributed by atoms with Crippen molar-refractivity contribution in [3.63, 3.8) is 0 Å². The molecule has 1 atom stereocenters. The molecule has 2 aromatic rings. The Labute approximate surface area is 196 Å². The number of aliphatic carboxylic acids is 1. The Morgan fingerprint density at radius 2 is 1.97 bits per heavy atom. The number of carboxylic acid groups (broad SMARTS) is 1. The van der Waals surface area contributed by atoms with Gasteiger partial charge in [0.05, 0.1) is 24.3 Å². The molecule has 0 bridgehead atoms. The molecule has 0 aromatic carbocycles. The van der Waals surface area contributed by atoms with Crippen molar-refractivity contribution >= 4 is 34.9 Å². The van der Waals surface area contributed by atoms with Crippen LogP contribution in [-0.4, -0.2) is 62.5 Å². The van der Waals surface area contributed by atoms with E-state index in [0.29, 0.717) is 25.2 Å². The van der Waals surface area contributed by atoms with Crippen LogP contribution in [-0.2, 0) is 21.0 Å². The molecule has 4 rings (SSSR count). The molecule has 10 nitrogen and oxygen atoms in total. The van der Waals surface area contributed by atoms with Gasteiger partial charge in [-0.2, -0.15) is 13.2 Å². The molecule has 1 amide bonds. The van der Waals surface area contributed by atoms with Gasteiger partial charge in [-0.25, -0.2) is 19.7 Å². The van der Waals surface area contributed by atoms with Crippen LogP contribution >= 0.6 is 11.3 Å². The number of carbonyl (C=O) groups excluding carboxylic acids is 1. The monoisotopic (exact) mass is 500 g/mol. The lowest BCUT2D eigenvalue weighted by atomic mass is 9.88. The first-order chi connectivity index (χ1) is 16.0. The van der Waals surface area contributed by atoms with Crippen LogP contribution in [0.5, 0.6) is 0 Å². The minimum Gasteiger partial charge on any atom is -0.475 e. The minimum absolute atomic E-state index is 0.195. The third-order valence-electron chi connectivity index (χ3n) is 5.05. The second-order valence-corrected chi connectivity index (χ2v) is 8.65.